The van der Waals surface area contributed by atoms with Gasteiger partial charge in [-0.25, -0.2) is 0 Å². The Hall–Kier alpha value is -1.40. The molecule has 0 aliphatic heterocycles. The standard InChI is InChI=1S/C11H13BrN4O/c1-16(2)6-10-14-11(17-15-10)7-3-4-8(12)9(13)5-7/h3-5H,6,13H2,1-2H3. The van der Waals surface area contributed by atoms with Crippen LogP contribution >= 0.6 is 15.9 Å². The largest absolute Gasteiger partial charge is 0.398 e. The normalized spacial score (nSPS) is 11.1. The molecule has 0 aliphatic rings. The summed E-state index contributed by atoms with van der Waals surface area (Å²) in [6.07, 6.45) is 0. The number of benzene rings is 1. The summed E-state index contributed by atoms with van der Waals surface area (Å²) in [7, 11) is 3.90. The molecule has 0 saturated carbocycles. The molecule has 90 valence electrons. The van der Waals surface area contributed by atoms with Gasteiger partial charge in [-0.3, -0.25) is 0 Å². The van der Waals surface area contributed by atoms with Crippen molar-refractivity contribution in [3.8, 4) is 11.5 Å². The van der Waals surface area contributed by atoms with E-state index in [4.69, 9.17) is 10.3 Å². The quantitative estimate of drug-likeness (QED) is 0.879. The van der Waals surface area contributed by atoms with Crippen LogP contribution in [-0.4, -0.2) is 29.1 Å². The van der Waals surface area contributed by atoms with Gasteiger partial charge in [0.05, 0.1) is 6.54 Å². The van der Waals surface area contributed by atoms with Crippen LogP contribution in [0.4, 0.5) is 5.69 Å². The lowest BCUT2D eigenvalue weighted by Gasteiger charge is -2.03. The fraction of sp³-hybridized carbons (Fsp3) is 0.273. The molecule has 0 unspecified atom stereocenters. The number of hydrogen-bond acceptors (Lipinski definition) is 5. The van der Waals surface area contributed by atoms with E-state index in [1.807, 2.05) is 31.1 Å². The predicted molar refractivity (Wildman–Crippen MR) is 69.2 cm³/mol. The molecular weight excluding hydrogens is 284 g/mol. The van der Waals surface area contributed by atoms with Crippen molar-refractivity contribution in [3.05, 3.63) is 28.5 Å². The minimum atomic E-state index is 0.487. The van der Waals surface area contributed by atoms with Crippen molar-refractivity contribution in [2.24, 2.45) is 0 Å². The Morgan fingerprint density at radius 1 is 1.41 bits per heavy atom. The molecule has 0 fully saturated rings. The number of rotatable bonds is 3. The Kier molecular flexibility index (Phi) is 3.44. The maximum atomic E-state index is 5.80. The van der Waals surface area contributed by atoms with Gasteiger partial charge in [-0.05, 0) is 48.2 Å². The van der Waals surface area contributed by atoms with Crippen LogP contribution in [0.25, 0.3) is 11.5 Å². The summed E-state index contributed by atoms with van der Waals surface area (Å²) in [5.74, 6) is 1.15. The van der Waals surface area contributed by atoms with Gasteiger partial charge in [0.25, 0.3) is 5.89 Å². The van der Waals surface area contributed by atoms with Crippen LogP contribution < -0.4 is 5.73 Å². The summed E-state index contributed by atoms with van der Waals surface area (Å²) >= 11 is 3.34. The average molecular weight is 297 g/mol. The van der Waals surface area contributed by atoms with E-state index in [1.165, 1.54) is 0 Å². The molecule has 0 radical (unpaired) electrons. The molecule has 0 bridgehead atoms. The van der Waals surface area contributed by atoms with E-state index in [1.54, 1.807) is 6.07 Å². The van der Waals surface area contributed by atoms with Gasteiger partial charge in [0.15, 0.2) is 5.82 Å². The summed E-state index contributed by atoms with van der Waals surface area (Å²) in [4.78, 5) is 6.28. The maximum Gasteiger partial charge on any atom is 0.258 e. The zero-order valence-corrected chi connectivity index (χ0v) is 11.2. The van der Waals surface area contributed by atoms with E-state index in [-0.39, 0.29) is 0 Å². The van der Waals surface area contributed by atoms with Gasteiger partial charge < -0.3 is 15.2 Å². The molecule has 0 atom stereocenters. The first-order chi connectivity index (χ1) is 8.06. The van der Waals surface area contributed by atoms with Gasteiger partial charge in [-0.15, -0.1) is 0 Å². The summed E-state index contributed by atoms with van der Waals surface area (Å²) in [6.45, 7) is 0.648. The van der Waals surface area contributed by atoms with E-state index in [0.717, 1.165) is 10.0 Å². The van der Waals surface area contributed by atoms with Crippen LogP contribution in [0.5, 0.6) is 0 Å². The third-order valence-electron chi connectivity index (χ3n) is 2.17. The van der Waals surface area contributed by atoms with Crippen molar-refractivity contribution >= 4 is 21.6 Å². The van der Waals surface area contributed by atoms with Crippen molar-refractivity contribution in [2.45, 2.75) is 6.54 Å². The molecule has 5 nitrogen and oxygen atoms in total. The molecule has 0 amide bonds. The van der Waals surface area contributed by atoms with Crippen LogP contribution in [0.3, 0.4) is 0 Å². The zero-order valence-electron chi connectivity index (χ0n) is 9.64. The second-order valence-corrected chi connectivity index (χ2v) is 4.84. The predicted octanol–water partition coefficient (Wildman–Crippen LogP) is 2.14. The van der Waals surface area contributed by atoms with Gasteiger partial charge in [0, 0.05) is 15.7 Å². The lowest BCUT2D eigenvalue weighted by molar-refractivity contribution is 0.365. The first-order valence-electron chi connectivity index (χ1n) is 5.09. The van der Waals surface area contributed by atoms with Crippen molar-refractivity contribution in [3.63, 3.8) is 0 Å². The molecule has 17 heavy (non-hydrogen) atoms. The summed E-state index contributed by atoms with van der Waals surface area (Å²) < 4.78 is 6.04. The summed E-state index contributed by atoms with van der Waals surface area (Å²) in [6, 6.07) is 5.55. The van der Waals surface area contributed by atoms with Crippen molar-refractivity contribution < 1.29 is 4.52 Å². The topological polar surface area (TPSA) is 68.2 Å². The smallest absolute Gasteiger partial charge is 0.258 e. The maximum absolute atomic E-state index is 5.80. The van der Waals surface area contributed by atoms with E-state index in [2.05, 4.69) is 26.1 Å². The zero-order chi connectivity index (χ0) is 12.4. The number of nitrogens with two attached hydrogens (primary N) is 1. The molecular formula is C11H13BrN4O. The molecule has 6 heteroatoms. The number of hydrogen-bond donors (Lipinski definition) is 1. The number of halogens is 1. The minimum absolute atomic E-state index is 0.487. The molecule has 1 aromatic heterocycles. The Labute approximate surface area is 108 Å². The lowest BCUT2D eigenvalue weighted by atomic mass is 10.2. The minimum Gasteiger partial charge on any atom is -0.398 e. The highest BCUT2D eigenvalue weighted by Gasteiger charge is 2.10. The summed E-state index contributed by atoms with van der Waals surface area (Å²) in [5.41, 5.74) is 7.27. The summed E-state index contributed by atoms with van der Waals surface area (Å²) in [5, 5.41) is 3.90. The van der Waals surface area contributed by atoms with Crippen LogP contribution in [0.15, 0.2) is 27.2 Å². The number of aromatic nitrogens is 2. The Bertz CT molecular complexity index is 524. The molecule has 0 saturated heterocycles. The molecule has 0 aliphatic carbocycles. The van der Waals surface area contributed by atoms with Gasteiger partial charge in [-0.2, -0.15) is 4.98 Å². The number of nitrogen functional groups attached to an aromatic ring is 1. The monoisotopic (exact) mass is 296 g/mol. The SMILES string of the molecule is CN(C)Cc1noc(-c2ccc(Br)c(N)c2)n1. The first kappa shape index (κ1) is 12.1. The molecule has 1 heterocycles. The Morgan fingerprint density at radius 3 is 2.82 bits per heavy atom. The fourth-order valence-corrected chi connectivity index (χ4v) is 1.64. The number of anilines is 1. The molecule has 2 rings (SSSR count). The van der Waals surface area contributed by atoms with E-state index in [9.17, 15) is 0 Å². The highest BCUT2D eigenvalue weighted by molar-refractivity contribution is 9.10. The first-order valence-corrected chi connectivity index (χ1v) is 5.88. The Morgan fingerprint density at radius 2 is 2.18 bits per heavy atom. The van der Waals surface area contributed by atoms with Crippen LogP contribution in [0, 0.1) is 0 Å². The third-order valence-corrected chi connectivity index (χ3v) is 2.89. The average Bonchev–Trinajstić information content (AvgIpc) is 2.69. The number of nitrogens with zero attached hydrogens (tertiary/aromatic N) is 3. The highest BCUT2D eigenvalue weighted by atomic mass is 79.9. The lowest BCUT2D eigenvalue weighted by Crippen LogP contribution is -2.11. The molecule has 0 spiro atoms. The molecule has 2 N–H and O–H groups in total. The third kappa shape index (κ3) is 2.83. The fourth-order valence-electron chi connectivity index (χ4n) is 1.40. The highest BCUT2D eigenvalue weighted by Crippen LogP contribution is 2.25. The van der Waals surface area contributed by atoms with Gasteiger partial charge in [0.2, 0.25) is 0 Å². The van der Waals surface area contributed by atoms with Crippen LogP contribution in [-0.2, 0) is 6.54 Å². The van der Waals surface area contributed by atoms with E-state index in [0.29, 0.717) is 23.9 Å². The van der Waals surface area contributed by atoms with Crippen molar-refractivity contribution in [1.29, 1.82) is 0 Å². The Balaban J connectivity index is 2.27. The van der Waals surface area contributed by atoms with E-state index < -0.39 is 0 Å². The second-order valence-electron chi connectivity index (χ2n) is 3.99. The molecule has 1 aromatic carbocycles. The molecule has 2 aromatic rings. The van der Waals surface area contributed by atoms with Crippen molar-refractivity contribution in [1.82, 2.24) is 15.0 Å². The second kappa shape index (κ2) is 4.85. The van der Waals surface area contributed by atoms with E-state index >= 15 is 0 Å². The van der Waals surface area contributed by atoms with Crippen molar-refractivity contribution in [2.75, 3.05) is 19.8 Å². The van der Waals surface area contributed by atoms with Gasteiger partial charge in [-0.1, -0.05) is 5.16 Å². The van der Waals surface area contributed by atoms with Crippen LogP contribution in [0.1, 0.15) is 5.82 Å². The van der Waals surface area contributed by atoms with Gasteiger partial charge >= 0.3 is 0 Å². The van der Waals surface area contributed by atoms with Crippen LogP contribution in [0.2, 0.25) is 0 Å². The van der Waals surface area contributed by atoms with Gasteiger partial charge in [0.1, 0.15) is 0 Å².